The van der Waals surface area contributed by atoms with Gasteiger partial charge in [0.2, 0.25) is 0 Å². The van der Waals surface area contributed by atoms with Crippen LogP contribution in [0.15, 0.2) is 12.3 Å². The molecule has 0 aliphatic heterocycles. The van der Waals surface area contributed by atoms with Gasteiger partial charge in [-0.15, -0.1) is 0 Å². The number of aryl methyl sites for hydroxylation is 1. The van der Waals surface area contributed by atoms with Crippen LogP contribution in [0.1, 0.15) is 53.5 Å². The third-order valence-corrected chi connectivity index (χ3v) is 5.76. The van der Waals surface area contributed by atoms with Crippen molar-refractivity contribution in [2.45, 2.75) is 51.2 Å². The summed E-state index contributed by atoms with van der Waals surface area (Å²) in [5.41, 5.74) is 0.104. The molecule has 1 amide bonds. The smallest absolute Gasteiger partial charge is 0.337 e. The largest absolute Gasteiger partial charge is 0.410 e. The molecule has 0 spiro atoms. The van der Waals surface area contributed by atoms with Crippen molar-refractivity contribution in [3.63, 3.8) is 0 Å². The van der Waals surface area contributed by atoms with E-state index in [9.17, 15) is 18.0 Å². The molecule has 2 aromatic rings. The van der Waals surface area contributed by atoms with Gasteiger partial charge in [0.05, 0.1) is 10.7 Å². The van der Waals surface area contributed by atoms with Crippen molar-refractivity contribution < 1.29 is 18.0 Å². The van der Waals surface area contributed by atoms with Crippen molar-refractivity contribution in [2.24, 2.45) is 5.92 Å². The normalized spacial score (nSPS) is 21.0. The summed E-state index contributed by atoms with van der Waals surface area (Å²) in [5.74, 6) is 0.399. The number of nitrogens with zero attached hydrogens (tertiary/aromatic N) is 3. The Bertz CT molecular complexity index is 951. The zero-order chi connectivity index (χ0) is 19.7. The number of hydrogen-bond donors (Lipinski definition) is 1. The summed E-state index contributed by atoms with van der Waals surface area (Å²) in [4.78, 5) is 16.9. The maximum Gasteiger partial charge on any atom is 0.410 e. The molecule has 0 radical (unpaired) electrons. The van der Waals surface area contributed by atoms with E-state index in [-0.39, 0.29) is 11.6 Å². The van der Waals surface area contributed by atoms with Crippen LogP contribution in [-0.2, 0) is 6.42 Å². The number of halogens is 4. The molecule has 27 heavy (non-hydrogen) atoms. The van der Waals surface area contributed by atoms with Crippen molar-refractivity contribution in [1.29, 1.82) is 0 Å². The van der Waals surface area contributed by atoms with Crippen molar-refractivity contribution in [2.75, 3.05) is 0 Å². The second kappa shape index (κ2) is 5.70. The van der Waals surface area contributed by atoms with Gasteiger partial charge < -0.3 is 5.32 Å². The first kappa shape index (κ1) is 18.3. The summed E-state index contributed by atoms with van der Waals surface area (Å²) >= 11 is 6.03. The van der Waals surface area contributed by atoms with Crippen molar-refractivity contribution in [3.05, 3.63) is 39.8 Å². The van der Waals surface area contributed by atoms with Gasteiger partial charge in [-0.05, 0) is 51.2 Å². The van der Waals surface area contributed by atoms with E-state index in [0.29, 0.717) is 23.2 Å². The molecule has 0 unspecified atom stereocenters. The minimum absolute atomic E-state index is 0.0453. The molecule has 5 nitrogen and oxygen atoms in total. The van der Waals surface area contributed by atoms with E-state index in [1.54, 1.807) is 10.7 Å². The Hall–Kier alpha value is -2.09. The molecule has 2 aliphatic carbocycles. The van der Waals surface area contributed by atoms with Crippen molar-refractivity contribution >= 4 is 17.5 Å². The standard InChI is InChI=1S/C18H18ClF3N4O/c1-8-4-13(23-7-12(8)19)26-15-10-5-9(10)6-11(15)14(25-26)16(27)24-17(2,3)18(20,21)22/h4,7,9-10H,5-6H2,1-3H3,(H,24,27)/t9-,10-/m1/s1. The molecular formula is C18H18ClF3N4O. The van der Waals surface area contributed by atoms with Gasteiger partial charge in [-0.3, -0.25) is 4.79 Å². The number of rotatable bonds is 3. The van der Waals surface area contributed by atoms with Crippen LogP contribution < -0.4 is 5.32 Å². The highest BCUT2D eigenvalue weighted by atomic mass is 35.5. The molecule has 2 atom stereocenters. The minimum Gasteiger partial charge on any atom is -0.337 e. The Morgan fingerprint density at radius 1 is 1.37 bits per heavy atom. The lowest BCUT2D eigenvalue weighted by Crippen LogP contribution is -2.54. The quantitative estimate of drug-likeness (QED) is 0.851. The van der Waals surface area contributed by atoms with Crippen LogP contribution in [0.25, 0.3) is 5.82 Å². The predicted molar refractivity (Wildman–Crippen MR) is 93.3 cm³/mol. The first-order chi connectivity index (χ1) is 12.5. The average Bonchev–Trinajstić information content (AvgIpc) is 3.05. The van der Waals surface area contributed by atoms with Gasteiger partial charge in [0.25, 0.3) is 5.91 Å². The molecule has 1 saturated carbocycles. The summed E-state index contributed by atoms with van der Waals surface area (Å²) < 4.78 is 41.0. The zero-order valence-electron chi connectivity index (χ0n) is 15.0. The second-order valence-electron chi connectivity index (χ2n) is 7.80. The lowest BCUT2D eigenvalue weighted by atomic mass is 10.0. The maximum atomic E-state index is 13.1. The number of fused-ring (bicyclic) bond motifs is 3. The number of alkyl halides is 3. The zero-order valence-corrected chi connectivity index (χ0v) is 15.7. The molecule has 1 fully saturated rings. The Balaban J connectivity index is 1.74. The molecule has 1 N–H and O–H groups in total. The number of hydrogen-bond acceptors (Lipinski definition) is 3. The van der Waals surface area contributed by atoms with Crippen LogP contribution in [0.2, 0.25) is 5.02 Å². The molecule has 0 bridgehead atoms. The highest BCUT2D eigenvalue weighted by Gasteiger charge is 2.52. The minimum atomic E-state index is -4.56. The Kier molecular flexibility index (Phi) is 3.86. The molecule has 4 rings (SSSR count). The van der Waals surface area contributed by atoms with Gasteiger partial charge in [0.1, 0.15) is 5.54 Å². The summed E-state index contributed by atoms with van der Waals surface area (Å²) in [6, 6.07) is 1.76. The second-order valence-corrected chi connectivity index (χ2v) is 8.21. The van der Waals surface area contributed by atoms with Gasteiger partial charge in [0.15, 0.2) is 11.5 Å². The van der Waals surface area contributed by atoms with E-state index in [1.165, 1.54) is 6.20 Å². The number of aromatic nitrogens is 3. The van der Waals surface area contributed by atoms with Gasteiger partial charge >= 0.3 is 6.18 Å². The van der Waals surface area contributed by atoms with Crippen molar-refractivity contribution in [1.82, 2.24) is 20.1 Å². The fourth-order valence-electron chi connectivity index (χ4n) is 3.53. The average molecular weight is 399 g/mol. The third-order valence-electron chi connectivity index (χ3n) is 5.36. The highest BCUT2D eigenvalue weighted by molar-refractivity contribution is 6.31. The fraction of sp³-hybridized carbons (Fsp3) is 0.500. The lowest BCUT2D eigenvalue weighted by molar-refractivity contribution is -0.182. The number of carbonyl (C=O) groups excluding carboxylic acids is 1. The van der Waals surface area contributed by atoms with Crippen LogP contribution in [0.5, 0.6) is 0 Å². The van der Waals surface area contributed by atoms with Crippen LogP contribution in [0.3, 0.4) is 0 Å². The summed E-state index contributed by atoms with van der Waals surface area (Å²) in [6.45, 7) is 3.70. The molecule has 144 valence electrons. The van der Waals surface area contributed by atoms with E-state index >= 15 is 0 Å². The first-order valence-electron chi connectivity index (χ1n) is 8.63. The summed E-state index contributed by atoms with van der Waals surface area (Å²) in [5, 5.41) is 6.93. The molecule has 2 aliphatic rings. The first-order valence-corrected chi connectivity index (χ1v) is 9.01. The number of pyridine rings is 1. The van der Waals surface area contributed by atoms with Gasteiger partial charge in [-0.2, -0.15) is 18.3 Å². The molecule has 2 heterocycles. The van der Waals surface area contributed by atoms with Crippen molar-refractivity contribution in [3.8, 4) is 5.82 Å². The maximum absolute atomic E-state index is 13.1. The molecule has 0 aromatic carbocycles. The molecule has 2 aromatic heterocycles. The molecular weight excluding hydrogens is 381 g/mol. The predicted octanol–water partition coefficient (Wildman–Crippen LogP) is 3.96. The summed E-state index contributed by atoms with van der Waals surface area (Å²) in [7, 11) is 0. The van der Waals surface area contributed by atoms with Crippen LogP contribution >= 0.6 is 11.6 Å². The lowest BCUT2D eigenvalue weighted by Gasteiger charge is -2.28. The Morgan fingerprint density at radius 2 is 2.07 bits per heavy atom. The van der Waals surface area contributed by atoms with Gasteiger partial charge in [-0.25, -0.2) is 9.67 Å². The van der Waals surface area contributed by atoms with Gasteiger partial charge in [0, 0.05) is 17.7 Å². The fourth-order valence-corrected chi connectivity index (χ4v) is 3.63. The molecule has 0 saturated heterocycles. The third kappa shape index (κ3) is 2.90. The Morgan fingerprint density at radius 3 is 2.70 bits per heavy atom. The van der Waals surface area contributed by atoms with Crippen LogP contribution in [0.4, 0.5) is 13.2 Å². The van der Waals surface area contributed by atoms with E-state index in [0.717, 1.165) is 37.1 Å². The number of nitrogens with one attached hydrogen (secondary N) is 1. The van der Waals surface area contributed by atoms with E-state index in [4.69, 9.17) is 11.6 Å². The monoisotopic (exact) mass is 398 g/mol. The van der Waals surface area contributed by atoms with E-state index in [1.807, 2.05) is 6.92 Å². The van der Waals surface area contributed by atoms with E-state index in [2.05, 4.69) is 15.4 Å². The highest BCUT2D eigenvalue weighted by Crippen LogP contribution is 2.57. The Labute approximate surface area is 158 Å². The topological polar surface area (TPSA) is 59.8 Å². The molecule has 9 heteroatoms. The van der Waals surface area contributed by atoms with E-state index < -0.39 is 17.6 Å². The summed E-state index contributed by atoms with van der Waals surface area (Å²) in [6.07, 6.45) is -1.40. The van der Waals surface area contributed by atoms with Crippen LogP contribution in [-0.4, -0.2) is 32.4 Å². The van der Waals surface area contributed by atoms with Gasteiger partial charge in [-0.1, -0.05) is 11.6 Å². The number of amides is 1. The SMILES string of the molecule is Cc1cc(-n2nc(C(=O)NC(C)(C)C(F)(F)F)c3c2[C@@H]2C[C@@H]2C3)ncc1Cl. The van der Waals surface area contributed by atoms with Crippen LogP contribution in [0, 0.1) is 12.8 Å². The number of carbonyl (C=O) groups is 1.